The first kappa shape index (κ1) is 24.4. The van der Waals surface area contributed by atoms with Gasteiger partial charge in [0.05, 0.1) is 23.7 Å². The highest BCUT2D eigenvalue weighted by Crippen LogP contribution is 2.36. The largest absolute Gasteiger partial charge is 0.419 e. The maximum Gasteiger partial charge on any atom is 0.419 e. The molecule has 0 bridgehead atoms. The van der Waals surface area contributed by atoms with Crippen molar-refractivity contribution < 1.29 is 26.7 Å². The number of anilines is 1. The molecule has 186 valence electrons. The van der Waals surface area contributed by atoms with Gasteiger partial charge in [0.25, 0.3) is 11.8 Å². The van der Waals surface area contributed by atoms with Gasteiger partial charge in [0.1, 0.15) is 0 Å². The Labute approximate surface area is 196 Å². The van der Waals surface area contributed by atoms with Crippen molar-refractivity contribution in [3.63, 3.8) is 0 Å². The van der Waals surface area contributed by atoms with Crippen molar-refractivity contribution >= 4 is 11.9 Å². The average molecular weight is 496 g/mol. The molecule has 1 aliphatic heterocycles. The zero-order chi connectivity index (χ0) is 25.4. The minimum Gasteiger partial charge on any atom is -0.352 e. The van der Waals surface area contributed by atoms with Gasteiger partial charge in [-0.3, -0.25) is 9.48 Å². The summed E-state index contributed by atoms with van der Waals surface area (Å²) in [6, 6.07) is 0.860. The summed E-state index contributed by atoms with van der Waals surface area (Å²) < 4.78 is 68.6. The molecule has 0 spiro atoms. The fourth-order valence-corrected chi connectivity index (χ4v) is 4.02. The molecule has 4 heterocycles. The average Bonchev–Trinajstić information content (AvgIpc) is 3.19. The standard InChI is InChI=1S/C21H21F5N8O/c1-12-6-20(22,23)11-34(15(12)9-31-19-29-7-13(8-30-19)21(24,25)26)18(35)16-14(10-33(2)32-16)17-27-4-3-5-28-17/h3-5,7-8,10,12,15H,6,9,11H2,1-2H3,(H,29,30,31). The third-order valence-electron chi connectivity index (χ3n) is 5.63. The second kappa shape index (κ2) is 9.15. The highest BCUT2D eigenvalue weighted by atomic mass is 19.4. The van der Waals surface area contributed by atoms with E-state index < -0.39 is 48.5 Å². The number of aromatic nitrogens is 6. The molecule has 1 N–H and O–H groups in total. The van der Waals surface area contributed by atoms with Crippen molar-refractivity contribution in [2.24, 2.45) is 13.0 Å². The van der Waals surface area contributed by atoms with Crippen LogP contribution in [0.15, 0.2) is 37.1 Å². The van der Waals surface area contributed by atoms with Crippen LogP contribution < -0.4 is 5.32 Å². The van der Waals surface area contributed by atoms with E-state index in [0.717, 1.165) is 4.90 Å². The van der Waals surface area contributed by atoms with E-state index >= 15 is 0 Å². The van der Waals surface area contributed by atoms with Gasteiger partial charge in [0.2, 0.25) is 5.95 Å². The number of likely N-dealkylation sites (tertiary alicyclic amines) is 1. The van der Waals surface area contributed by atoms with Crippen LogP contribution in [0, 0.1) is 5.92 Å². The van der Waals surface area contributed by atoms with Crippen molar-refractivity contribution in [2.75, 3.05) is 18.4 Å². The Bertz CT molecular complexity index is 1180. The van der Waals surface area contributed by atoms with Gasteiger partial charge in [-0.2, -0.15) is 18.3 Å². The van der Waals surface area contributed by atoms with E-state index in [-0.39, 0.29) is 29.6 Å². The topological polar surface area (TPSA) is 102 Å². The number of piperidine rings is 1. The quantitative estimate of drug-likeness (QED) is 0.541. The van der Waals surface area contributed by atoms with Gasteiger partial charge in [-0.25, -0.2) is 28.7 Å². The van der Waals surface area contributed by atoms with Crippen LogP contribution in [0.1, 0.15) is 29.4 Å². The molecule has 3 aromatic rings. The molecule has 2 atom stereocenters. The lowest BCUT2D eigenvalue weighted by molar-refractivity contribution is -0.138. The van der Waals surface area contributed by atoms with Crippen LogP contribution in [-0.2, 0) is 13.2 Å². The van der Waals surface area contributed by atoms with E-state index in [2.05, 4.69) is 30.4 Å². The van der Waals surface area contributed by atoms with Gasteiger partial charge in [0, 0.05) is 51.0 Å². The summed E-state index contributed by atoms with van der Waals surface area (Å²) in [5.41, 5.74) is -0.812. The number of hydrogen-bond acceptors (Lipinski definition) is 7. The first-order chi connectivity index (χ1) is 16.4. The lowest BCUT2D eigenvalue weighted by atomic mass is 9.88. The molecule has 14 heteroatoms. The van der Waals surface area contributed by atoms with Crippen LogP contribution in [-0.4, -0.2) is 65.6 Å². The van der Waals surface area contributed by atoms with E-state index in [1.54, 1.807) is 20.0 Å². The number of nitrogens with zero attached hydrogens (tertiary/aromatic N) is 7. The van der Waals surface area contributed by atoms with Crippen LogP contribution in [0.3, 0.4) is 0 Å². The number of rotatable bonds is 5. The Hall–Kier alpha value is -3.71. The molecule has 35 heavy (non-hydrogen) atoms. The predicted molar refractivity (Wildman–Crippen MR) is 113 cm³/mol. The summed E-state index contributed by atoms with van der Waals surface area (Å²) in [5.74, 6) is -4.42. The van der Waals surface area contributed by atoms with Gasteiger partial charge >= 0.3 is 6.18 Å². The van der Waals surface area contributed by atoms with Crippen LogP contribution in [0.5, 0.6) is 0 Å². The normalized spacial score (nSPS) is 20.0. The van der Waals surface area contributed by atoms with Crippen molar-refractivity contribution in [1.29, 1.82) is 0 Å². The highest BCUT2D eigenvalue weighted by molar-refractivity contribution is 5.98. The number of amides is 1. The van der Waals surface area contributed by atoms with Gasteiger partial charge < -0.3 is 10.2 Å². The first-order valence-electron chi connectivity index (χ1n) is 10.6. The third-order valence-corrected chi connectivity index (χ3v) is 5.63. The number of hydrogen-bond donors (Lipinski definition) is 1. The molecule has 0 saturated carbocycles. The molecule has 1 saturated heterocycles. The molecule has 1 amide bonds. The van der Waals surface area contributed by atoms with Crippen molar-refractivity contribution in [3.05, 3.63) is 48.3 Å². The van der Waals surface area contributed by atoms with E-state index in [1.165, 1.54) is 23.3 Å². The number of aryl methyl sites for hydroxylation is 1. The van der Waals surface area contributed by atoms with Crippen LogP contribution in [0.2, 0.25) is 0 Å². The molecular formula is C21H21F5N8O. The molecule has 1 fully saturated rings. The maximum absolute atomic E-state index is 14.5. The molecule has 9 nitrogen and oxygen atoms in total. The Balaban J connectivity index is 1.60. The van der Waals surface area contributed by atoms with Gasteiger partial charge in [-0.15, -0.1) is 0 Å². The number of nitrogens with one attached hydrogen (secondary N) is 1. The smallest absolute Gasteiger partial charge is 0.352 e. The molecule has 3 aromatic heterocycles. The molecular weight excluding hydrogens is 475 g/mol. The fourth-order valence-electron chi connectivity index (χ4n) is 4.02. The van der Waals surface area contributed by atoms with Crippen molar-refractivity contribution in [2.45, 2.75) is 31.5 Å². The van der Waals surface area contributed by atoms with Crippen molar-refractivity contribution in [3.8, 4) is 11.4 Å². The first-order valence-corrected chi connectivity index (χ1v) is 10.6. The predicted octanol–water partition coefficient (Wildman–Crippen LogP) is 3.28. The lowest BCUT2D eigenvalue weighted by Crippen LogP contribution is -2.57. The third kappa shape index (κ3) is 5.35. The number of halogens is 5. The zero-order valence-corrected chi connectivity index (χ0v) is 18.7. The highest BCUT2D eigenvalue weighted by Gasteiger charge is 2.47. The van der Waals surface area contributed by atoms with Crippen molar-refractivity contribution in [1.82, 2.24) is 34.6 Å². The molecule has 0 aromatic carbocycles. The van der Waals surface area contributed by atoms with Gasteiger partial charge in [0.15, 0.2) is 11.5 Å². The molecule has 4 rings (SSSR count). The number of carbonyl (C=O) groups excluding carboxylic acids is 1. The van der Waals surface area contributed by atoms with Gasteiger partial charge in [-0.05, 0) is 12.0 Å². The van der Waals surface area contributed by atoms with E-state index in [9.17, 15) is 26.7 Å². The number of alkyl halides is 5. The summed E-state index contributed by atoms with van der Waals surface area (Å²) in [6.07, 6.45) is 0.682. The maximum atomic E-state index is 14.5. The van der Waals surface area contributed by atoms with E-state index in [1.807, 2.05) is 0 Å². The summed E-state index contributed by atoms with van der Waals surface area (Å²) in [4.78, 5) is 30.0. The summed E-state index contributed by atoms with van der Waals surface area (Å²) >= 11 is 0. The minimum absolute atomic E-state index is 0.0572. The van der Waals surface area contributed by atoms with E-state index in [0.29, 0.717) is 12.4 Å². The monoisotopic (exact) mass is 496 g/mol. The fraction of sp³-hybridized carbons (Fsp3) is 0.429. The van der Waals surface area contributed by atoms with Crippen LogP contribution in [0.25, 0.3) is 11.4 Å². The summed E-state index contributed by atoms with van der Waals surface area (Å²) in [7, 11) is 1.58. The molecule has 0 aliphatic carbocycles. The second-order valence-corrected chi connectivity index (χ2v) is 8.35. The summed E-state index contributed by atoms with van der Waals surface area (Å²) in [6.45, 7) is 0.674. The van der Waals surface area contributed by atoms with Gasteiger partial charge in [-0.1, -0.05) is 6.92 Å². The van der Waals surface area contributed by atoms with E-state index in [4.69, 9.17) is 0 Å². The zero-order valence-electron chi connectivity index (χ0n) is 18.7. The second-order valence-electron chi connectivity index (χ2n) is 8.35. The molecule has 0 radical (unpaired) electrons. The Morgan fingerprint density at radius 2 is 1.83 bits per heavy atom. The number of carbonyl (C=O) groups is 1. The van der Waals surface area contributed by atoms with Crippen LogP contribution in [0.4, 0.5) is 27.9 Å². The SMILES string of the molecule is CC1CC(F)(F)CN(C(=O)c2nn(C)cc2-c2ncccn2)C1CNc1ncc(C(F)(F)F)cn1. The molecule has 1 aliphatic rings. The summed E-state index contributed by atoms with van der Waals surface area (Å²) in [5, 5.41) is 6.93. The molecule has 2 unspecified atom stereocenters. The Morgan fingerprint density at radius 1 is 1.17 bits per heavy atom. The lowest BCUT2D eigenvalue weighted by Gasteiger charge is -2.43. The Kier molecular flexibility index (Phi) is 6.38. The minimum atomic E-state index is -4.59. The Morgan fingerprint density at radius 3 is 2.46 bits per heavy atom. The van der Waals surface area contributed by atoms with Crippen LogP contribution >= 0.6 is 0 Å².